The van der Waals surface area contributed by atoms with Crippen LogP contribution in [0.1, 0.15) is 49.0 Å². The summed E-state index contributed by atoms with van der Waals surface area (Å²) in [5.74, 6) is 0.155. The molecule has 9 heteroatoms. The lowest BCUT2D eigenvalue weighted by Gasteiger charge is -2.15. The number of alkyl halides is 2. The van der Waals surface area contributed by atoms with Crippen molar-refractivity contribution >= 4 is 5.95 Å². The molecule has 3 heterocycles. The van der Waals surface area contributed by atoms with Crippen LogP contribution >= 0.6 is 0 Å². The van der Waals surface area contributed by atoms with Crippen LogP contribution in [-0.2, 0) is 13.6 Å². The van der Waals surface area contributed by atoms with Gasteiger partial charge in [0.25, 0.3) is 6.43 Å². The Hall–Kier alpha value is -2.84. The second kappa shape index (κ2) is 7.42. The third-order valence-corrected chi connectivity index (χ3v) is 4.73. The first-order chi connectivity index (χ1) is 12.8. The van der Waals surface area contributed by atoms with Crippen LogP contribution in [0.5, 0.6) is 0 Å². The number of rotatable bonds is 6. The predicted molar refractivity (Wildman–Crippen MR) is 98.6 cm³/mol. The summed E-state index contributed by atoms with van der Waals surface area (Å²) in [4.78, 5) is 8.45. The molecule has 1 atom stereocenters. The molecule has 7 nitrogen and oxygen atoms in total. The molecular weight excluding hydrogens is 352 g/mol. The van der Waals surface area contributed by atoms with Gasteiger partial charge in [-0.05, 0) is 33.8 Å². The minimum atomic E-state index is -2.69. The van der Waals surface area contributed by atoms with E-state index in [-0.39, 0.29) is 17.7 Å². The molecule has 0 unspecified atom stereocenters. The van der Waals surface area contributed by atoms with Crippen LogP contribution in [0.3, 0.4) is 0 Å². The molecule has 0 saturated carbocycles. The van der Waals surface area contributed by atoms with Gasteiger partial charge in [0.15, 0.2) is 0 Å². The minimum absolute atomic E-state index is 0.155. The average Bonchev–Trinajstić information content (AvgIpc) is 3.17. The Bertz CT molecular complexity index is 945. The van der Waals surface area contributed by atoms with E-state index in [1.54, 1.807) is 21.8 Å². The molecule has 3 aromatic rings. The predicted octanol–water partition coefficient (Wildman–Crippen LogP) is 3.82. The van der Waals surface area contributed by atoms with Crippen molar-refractivity contribution in [1.82, 2.24) is 29.5 Å². The molecular formula is C18H23F2N7. The minimum Gasteiger partial charge on any atom is -0.348 e. The molecule has 0 fully saturated rings. The van der Waals surface area contributed by atoms with Gasteiger partial charge in [0.05, 0.1) is 24.1 Å². The fraction of sp³-hybridized carbons (Fsp3) is 0.444. The van der Waals surface area contributed by atoms with Crippen molar-refractivity contribution in [2.45, 2.75) is 46.7 Å². The molecule has 0 saturated heterocycles. The van der Waals surface area contributed by atoms with Crippen molar-refractivity contribution in [3.63, 3.8) is 0 Å². The van der Waals surface area contributed by atoms with Crippen molar-refractivity contribution in [3.05, 3.63) is 41.1 Å². The SMILES string of the molecule is CCn1ncc(-c2cc(C(F)F)nc(N[C@@H](C)c3cnn(C)c3C)n2)c1C. The highest BCUT2D eigenvalue weighted by Gasteiger charge is 2.19. The Morgan fingerprint density at radius 3 is 2.41 bits per heavy atom. The number of nitrogens with zero attached hydrogens (tertiary/aromatic N) is 6. The lowest BCUT2D eigenvalue weighted by Crippen LogP contribution is -2.12. The summed E-state index contributed by atoms with van der Waals surface area (Å²) >= 11 is 0. The number of hydrogen-bond donors (Lipinski definition) is 1. The molecule has 27 heavy (non-hydrogen) atoms. The standard InChI is InChI=1S/C18H23F2N7/c1-6-27-12(4)14(9-22-27)15-7-16(17(19)20)25-18(24-15)23-10(2)13-8-21-26(5)11(13)3/h7-10,17H,6H2,1-5H3,(H,23,24,25)/t10-/m0/s1. The molecule has 0 spiro atoms. The normalized spacial score (nSPS) is 12.6. The van der Waals surface area contributed by atoms with Gasteiger partial charge >= 0.3 is 0 Å². The second-order valence-corrected chi connectivity index (χ2v) is 6.44. The van der Waals surface area contributed by atoms with Gasteiger partial charge < -0.3 is 5.32 Å². The molecule has 0 aliphatic rings. The van der Waals surface area contributed by atoms with Crippen LogP contribution in [0.15, 0.2) is 18.5 Å². The largest absolute Gasteiger partial charge is 0.348 e. The number of aromatic nitrogens is 6. The third kappa shape index (κ3) is 3.67. The summed E-state index contributed by atoms with van der Waals surface area (Å²) in [6, 6.07) is 1.14. The number of hydrogen-bond acceptors (Lipinski definition) is 5. The molecule has 0 amide bonds. The molecule has 3 rings (SSSR count). The van der Waals surface area contributed by atoms with Crippen LogP contribution in [0.25, 0.3) is 11.3 Å². The van der Waals surface area contributed by atoms with Crippen LogP contribution in [0.2, 0.25) is 0 Å². The van der Waals surface area contributed by atoms with Crippen molar-refractivity contribution in [3.8, 4) is 11.3 Å². The zero-order valence-corrected chi connectivity index (χ0v) is 16.0. The smallest absolute Gasteiger partial charge is 0.280 e. The lowest BCUT2D eigenvalue weighted by atomic mass is 10.1. The van der Waals surface area contributed by atoms with Gasteiger partial charge in [-0.2, -0.15) is 10.2 Å². The van der Waals surface area contributed by atoms with Crippen LogP contribution in [-0.4, -0.2) is 29.5 Å². The van der Waals surface area contributed by atoms with E-state index in [4.69, 9.17) is 0 Å². The zero-order chi connectivity index (χ0) is 19.7. The maximum Gasteiger partial charge on any atom is 0.280 e. The van der Waals surface area contributed by atoms with Crippen molar-refractivity contribution < 1.29 is 8.78 Å². The Labute approximate surface area is 156 Å². The topological polar surface area (TPSA) is 73.5 Å². The maximum absolute atomic E-state index is 13.4. The fourth-order valence-corrected chi connectivity index (χ4v) is 3.01. The Balaban J connectivity index is 1.99. The summed E-state index contributed by atoms with van der Waals surface area (Å²) in [5.41, 5.74) is 3.64. The highest BCUT2D eigenvalue weighted by Crippen LogP contribution is 2.28. The maximum atomic E-state index is 13.4. The highest BCUT2D eigenvalue weighted by atomic mass is 19.3. The van der Waals surface area contributed by atoms with E-state index in [1.807, 2.05) is 34.7 Å². The summed E-state index contributed by atoms with van der Waals surface area (Å²) in [5, 5.41) is 11.6. The van der Waals surface area contributed by atoms with Crippen molar-refractivity contribution in [1.29, 1.82) is 0 Å². The van der Waals surface area contributed by atoms with E-state index in [2.05, 4.69) is 25.5 Å². The monoisotopic (exact) mass is 375 g/mol. The molecule has 0 bridgehead atoms. The van der Waals surface area contributed by atoms with Gasteiger partial charge in [-0.25, -0.2) is 18.7 Å². The van der Waals surface area contributed by atoms with Gasteiger partial charge in [0, 0.05) is 36.1 Å². The number of aryl methyl sites for hydroxylation is 2. The second-order valence-electron chi connectivity index (χ2n) is 6.44. The van der Waals surface area contributed by atoms with E-state index in [0.29, 0.717) is 12.2 Å². The number of nitrogens with one attached hydrogen (secondary N) is 1. The molecule has 0 aromatic carbocycles. The van der Waals surface area contributed by atoms with E-state index in [0.717, 1.165) is 22.5 Å². The van der Waals surface area contributed by atoms with Gasteiger partial charge in [0.1, 0.15) is 5.69 Å². The Morgan fingerprint density at radius 1 is 1.11 bits per heavy atom. The molecule has 144 valence electrons. The lowest BCUT2D eigenvalue weighted by molar-refractivity contribution is 0.146. The first kappa shape index (κ1) is 18.9. The molecule has 0 aliphatic carbocycles. The Morgan fingerprint density at radius 2 is 1.85 bits per heavy atom. The highest BCUT2D eigenvalue weighted by molar-refractivity contribution is 5.63. The first-order valence-electron chi connectivity index (χ1n) is 8.76. The van der Waals surface area contributed by atoms with E-state index in [1.165, 1.54) is 6.07 Å². The van der Waals surface area contributed by atoms with Gasteiger partial charge in [-0.1, -0.05) is 0 Å². The van der Waals surface area contributed by atoms with Crippen LogP contribution in [0.4, 0.5) is 14.7 Å². The zero-order valence-electron chi connectivity index (χ0n) is 16.0. The van der Waals surface area contributed by atoms with Crippen LogP contribution < -0.4 is 5.32 Å². The fourth-order valence-electron chi connectivity index (χ4n) is 3.01. The van der Waals surface area contributed by atoms with Crippen molar-refractivity contribution in [2.75, 3.05) is 5.32 Å². The van der Waals surface area contributed by atoms with Crippen LogP contribution in [0, 0.1) is 13.8 Å². The third-order valence-electron chi connectivity index (χ3n) is 4.73. The Kier molecular flexibility index (Phi) is 5.20. The number of anilines is 1. The van der Waals surface area contributed by atoms with E-state index in [9.17, 15) is 8.78 Å². The first-order valence-corrected chi connectivity index (χ1v) is 8.76. The van der Waals surface area contributed by atoms with Gasteiger partial charge in [-0.3, -0.25) is 9.36 Å². The molecule has 1 N–H and O–H groups in total. The molecule has 0 aliphatic heterocycles. The van der Waals surface area contributed by atoms with Gasteiger partial charge in [-0.15, -0.1) is 0 Å². The van der Waals surface area contributed by atoms with E-state index < -0.39 is 6.43 Å². The van der Waals surface area contributed by atoms with Crippen molar-refractivity contribution in [2.24, 2.45) is 7.05 Å². The summed E-state index contributed by atoms with van der Waals surface area (Å²) in [7, 11) is 1.85. The summed E-state index contributed by atoms with van der Waals surface area (Å²) < 4.78 is 30.3. The number of halogens is 2. The van der Waals surface area contributed by atoms with E-state index >= 15 is 0 Å². The molecule has 3 aromatic heterocycles. The van der Waals surface area contributed by atoms with Gasteiger partial charge in [0.2, 0.25) is 5.95 Å². The molecule has 0 radical (unpaired) electrons. The average molecular weight is 375 g/mol. The summed E-state index contributed by atoms with van der Waals surface area (Å²) in [6.07, 6.45) is 0.708. The quantitative estimate of drug-likeness (QED) is 0.709. The summed E-state index contributed by atoms with van der Waals surface area (Å²) in [6.45, 7) is 8.43.